The smallest absolute Gasteiger partial charge is 0.338 e. The molecule has 0 radical (unpaired) electrons. The molecule has 0 aliphatic carbocycles. The van der Waals surface area contributed by atoms with Crippen molar-refractivity contribution in [3.8, 4) is 0 Å². The summed E-state index contributed by atoms with van der Waals surface area (Å²) in [5, 5.41) is 16.1. The summed E-state index contributed by atoms with van der Waals surface area (Å²) in [5.74, 6) is -4.98. The van der Waals surface area contributed by atoms with Gasteiger partial charge in [-0.1, -0.05) is 54.6 Å². The molecular weight excluding hydrogens is 475 g/mol. The zero-order valence-electron chi connectivity index (χ0n) is 20.5. The zero-order valence-corrected chi connectivity index (χ0v) is 21.4. The molecule has 3 aromatic carbocycles. The van der Waals surface area contributed by atoms with Gasteiger partial charge >= 0.3 is 11.9 Å². The fraction of sp³-hybridized carbons (Fsp3) is 0.241. The topological polar surface area (TPSA) is 84.9 Å². The Hall–Kier alpha value is -3.63. The molecule has 0 amide bonds. The molecule has 0 aromatic heterocycles. The van der Waals surface area contributed by atoms with Crippen LogP contribution >= 0.6 is 7.26 Å². The molecule has 0 spiro atoms. The molecule has 1 aliphatic heterocycles. The van der Waals surface area contributed by atoms with Crippen molar-refractivity contribution >= 4 is 35.1 Å². The van der Waals surface area contributed by atoms with Crippen molar-refractivity contribution in [2.45, 2.75) is 26.6 Å². The highest BCUT2D eigenvalue weighted by atomic mass is 31.2. The summed E-state index contributed by atoms with van der Waals surface area (Å²) in [7, 11) is -2.58. The van der Waals surface area contributed by atoms with E-state index in [0.717, 1.165) is 15.9 Å². The van der Waals surface area contributed by atoms with Crippen LogP contribution < -0.4 is 21.0 Å². The van der Waals surface area contributed by atoms with Crippen molar-refractivity contribution in [1.29, 1.82) is 0 Å². The summed E-state index contributed by atoms with van der Waals surface area (Å²) in [6.45, 7) is 4.75. The summed E-state index contributed by atoms with van der Waals surface area (Å²) in [4.78, 5) is 26.5. The Balaban J connectivity index is 1.99. The second kappa shape index (κ2) is 10.5. The summed E-state index contributed by atoms with van der Waals surface area (Å²) in [5.41, 5.74) is -0.333. The molecule has 1 atom stereocenters. The van der Waals surface area contributed by atoms with Crippen LogP contribution in [0.25, 0.3) is 0 Å². The highest BCUT2D eigenvalue weighted by Gasteiger charge is 2.51. The number of carbonyl (C=O) groups is 2. The first-order valence-electron chi connectivity index (χ1n) is 11.8. The summed E-state index contributed by atoms with van der Waals surface area (Å²) in [6.07, 6.45) is 0.157. The molecule has 1 heterocycles. The van der Waals surface area contributed by atoms with Gasteiger partial charge in [0.2, 0.25) is 0 Å². The van der Waals surface area contributed by atoms with Crippen LogP contribution in [-0.2, 0) is 23.8 Å². The number of carbonyl (C=O) groups excluding carboxylic acids is 2. The van der Waals surface area contributed by atoms with Gasteiger partial charge in [-0.05, 0) is 57.2 Å². The number of esters is 2. The molecule has 1 aliphatic rings. The predicted octanol–water partition coefficient (Wildman–Crippen LogP) is 3.04. The molecule has 0 fully saturated rings. The van der Waals surface area contributed by atoms with Gasteiger partial charge in [0, 0.05) is 0 Å². The highest BCUT2D eigenvalue weighted by Crippen LogP contribution is 2.57. The molecule has 186 valence electrons. The lowest BCUT2D eigenvalue weighted by molar-refractivity contribution is -0.394. The normalized spacial score (nSPS) is 16.0. The minimum Gasteiger partial charge on any atom is -0.575 e. The lowest BCUT2D eigenvalue weighted by Gasteiger charge is -2.41. The largest absolute Gasteiger partial charge is 0.575 e. The van der Waals surface area contributed by atoms with Gasteiger partial charge in [0.1, 0.15) is 29.1 Å². The average Bonchev–Trinajstić information content (AvgIpc) is 2.87. The Kier molecular flexibility index (Phi) is 7.46. The predicted molar refractivity (Wildman–Crippen MR) is 138 cm³/mol. The van der Waals surface area contributed by atoms with Gasteiger partial charge in [-0.25, -0.2) is 4.79 Å². The maximum Gasteiger partial charge on any atom is 0.338 e. The number of cyclic esters (lactones) is 1. The molecule has 1 unspecified atom stereocenters. The second-order valence-corrected chi connectivity index (χ2v) is 12.4. The van der Waals surface area contributed by atoms with Crippen LogP contribution in [-0.4, -0.2) is 30.5 Å². The third kappa shape index (κ3) is 5.00. The van der Waals surface area contributed by atoms with Crippen LogP contribution in [0.5, 0.6) is 0 Å². The number of rotatable bonds is 8. The number of hydrogen-bond acceptors (Lipinski definition) is 6. The van der Waals surface area contributed by atoms with Gasteiger partial charge in [0.15, 0.2) is 5.79 Å². The molecule has 0 N–H and O–H groups in total. The van der Waals surface area contributed by atoms with Crippen molar-refractivity contribution in [2.24, 2.45) is 5.92 Å². The molecule has 3 aromatic rings. The minimum atomic E-state index is -2.58. The zero-order chi connectivity index (χ0) is 25.8. The third-order valence-electron chi connectivity index (χ3n) is 6.08. The molecule has 0 saturated carbocycles. The van der Waals surface area contributed by atoms with Gasteiger partial charge < -0.3 is 19.3 Å². The Bertz CT molecular complexity index is 1140. The first-order valence-corrected chi connectivity index (χ1v) is 13.8. The molecule has 0 bridgehead atoms. The quantitative estimate of drug-likeness (QED) is 0.346. The average molecular weight is 505 g/mol. The Morgan fingerprint density at radius 3 is 1.69 bits per heavy atom. The van der Waals surface area contributed by atoms with Crippen molar-refractivity contribution in [3.63, 3.8) is 0 Å². The standard InChI is InChI=1S/C29H29O6P/c1-4-33-26(30)24(25-27(31)34-29(2,3)35-28(25)32)20-36(21-14-8-5-9-15-21,22-16-10-6-11-17-22)23-18-12-7-13-19-23/h5-19,24H,4,20H2,1-3H3. The lowest BCUT2D eigenvalue weighted by Crippen LogP contribution is -2.45. The number of benzene rings is 3. The molecule has 4 rings (SSSR count). The van der Waals surface area contributed by atoms with E-state index in [2.05, 4.69) is 0 Å². The number of ether oxygens (including phenoxy) is 3. The van der Waals surface area contributed by atoms with Crippen molar-refractivity contribution in [2.75, 3.05) is 12.8 Å². The highest BCUT2D eigenvalue weighted by molar-refractivity contribution is 7.95. The van der Waals surface area contributed by atoms with E-state index < -0.39 is 36.9 Å². The fourth-order valence-electron chi connectivity index (χ4n) is 4.56. The van der Waals surface area contributed by atoms with Gasteiger partial charge in [0.05, 0.1) is 24.3 Å². The Labute approximate surface area is 211 Å². The molecule has 6 nitrogen and oxygen atoms in total. The van der Waals surface area contributed by atoms with E-state index in [9.17, 15) is 14.7 Å². The number of hydrogen-bond donors (Lipinski definition) is 0. The molecule has 36 heavy (non-hydrogen) atoms. The Morgan fingerprint density at radius 2 is 1.31 bits per heavy atom. The van der Waals surface area contributed by atoms with E-state index >= 15 is 0 Å². The molecular formula is C29H29O6P. The first-order chi connectivity index (χ1) is 17.3. The summed E-state index contributed by atoms with van der Waals surface area (Å²) in [6, 6.07) is 29.7. The molecule has 0 saturated heterocycles. The maximum atomic E-state index is 13.4. The van der Waals surface area contributed by atoms with E-state index in [-0.39, 0.29) is 18.3 Å². The van der Waals surface area contributed by atoms with E-state index in [1.165, 1.54) is 13.8 Å². The second-order valence-electron chi connectivity index (χ2n) is 8.90. The lowest BCUT2D eigenvalue weighted by atomic mass is 10.0. The van der Waals surface area contributed by atoms with E-state index in [1.807, 2.05) is 91.0 Å². The Morgan fingerprint density at radius 1 is 0.861 bits per heavy atom. The SMILES string of the molecule is CCOC(=O)C(C[P+](c1ccccc1)(c1ccccc1)c1ccccc1)C1=C([O-])OC(C)(C)OC1=O. The van der Waals surface area contributed by atoms with E-state index in [1.54, 1.807) is 6.92 Å². The minimum absolute atomic E-state index is 0.103. The maximum absolute atomic E-state index is 13.4. The van der Waals surface area contributed by atoms with Crippen LogP contribution in [0.1, 0.15) is 20.8 Å². The van der Waals surface area contributed by atoms with Crippen LogP contribution in [0.3, 0.4) is 0 Å². The van der Waals surface area contributed by atoms with Crippen molar-refractivity contribution in [1.82, 2.24) is 0 Å². The summed E-state index contributed by atoms with van der Waals surface area (Å²) >= 11 is 0. The van der Waals surface area contributed by atoms with Gasteiger partial charge in [0.25, 0.3) is 0 Å². The fourth-order valence-corrected chi connectivity index (χ4v) is 9.01. The summed E-state index contributed by atoms with van der Waals surface area (Å²) < 4.78 is 16.2. The van der Waals surface area contributed by atoms with Crippen LogP contribution in [0, 0.1) is 5.92 Å². The van der Waals surface area contributed by atoms with Crippen LogP contribution in [0.2, 0.25) is 0 Å². The monoisotopic (exact) mass is 504 g/mol. The van der Waals surface area contributed by atoms with Crippen molar-refractivity contribution in [3.05, 3.63) is 103 Å². The third-order valence-corrected chi connectivity index (χ3v) is 10.5. The van der Waals surface area contributed by atoms with Gasteiger partial charge in [-0.15, -0.1) is 0 Å². The van der Waals surface area contributed by atoms with E-state index in [4.69, 9.17) is 14.2 Å². The van der Waals surface area contributed by atoms with Gasteiger partial charge in [-0.2, -0.15) is 0 Å². The van der Waals surface area contributed by atoms with Crippen molar-refractivity contribution < 1.29 is 28.9 Å². The van der Waals surface area contributed by atoms with Gasteiger partial charge in [-0.3, -0.25) is 4.79 Å². The van der Waals surface area contributed by atoms with Crippen LogP contribution in [0.4, 0.5) is 0 Å². The molecule has 7 heteroatoms. The van der Waals surface area contributed by atoms with Crippen LogP contribution in [0.15, 0.2) is 103 Å². The van der Waals surface area contributed by atoms with E-state index in [0.29, 0.717) is 0 Å². The first kappa shape index (κ1) is 25.5.